The molecule has 3 rings (SSSR count). The first kappa shape index (κ1) is 13.5. The van der Waals surface area contributed by atoms with Crippen LogP contribution in [-0.2, 0) is 6.54 Å². The smallest absolute Gasteiger partial charge is 0.135 e. The van der Waals surface area contributed by atoms with E-state index < -0.39 is 17.2 Å². The van der Waals surface area contributed by atoms with Crippen molar-refractivity contribution in [3.63, 3.8) is 0 Å². The van der Waals surface area contributed by atoms with Gasteiger partial charge in [-0.2, -0.15) is 0 Å². The lowest BCUT2D eigenvalue weighted by atomic mass is 10.1. The second-order valence-corrected chi connectivity index (χ2v) is 5.85. The zero-order valence-electron chi connectivity index (χ0n) is 11.4. The summed E-state index contributed by atoms with van der Waals surface area (Å²) < 4.78 is 28.8. The van der Waals surface area contributed by atoms with Crippen LogP contribution in [0.15, 0.2) is 24.4 Å². The van der Waals surface area contributed by atoms with Gasteiger partial charge in [-0.1, -0.05) is 0 Å². The average Bonchev–Trinajstić information content (AvgIpc) is 2.90. The highest BCUT2D eigenvalue weighted by Crippen LogP contribution is 2.22. The van der Waals surface area contributed by atoms with E-state index in [-0.39, 0.29) is 0 Å². The van der Waals surface area contributed by atoms with E-state index in [4.69, 9.17) is 0 Å². The number of benzene rings is 1. The van der Waals surface area contributed by atoms with Crippen molar-refractivity contribution in [1.82, 2.24) is 9.47 Å². The fourth-order valence-electron chi connectivity index (χ4n) is 2.89. The van der Waals surface area contributed by atoms with Crippen LogP contribution in [0.2, 0.25) is 0 Å². The molecule has 0 bridgehead atoms. The highest BCUT2D eigenvalue weighted by atomic mass is 19.1. The second-order valence-electron chi connectivity index (χ2n) is 5.85. The highest BCUT2D eigenvalue weighted by molar-refractivity contribution is 5.80. The van der Waals surface area contributed by atoms with Gasteiger partial charge in [0.15, 0.2) is 0 Å². The van der Waals surface area contributed by atoms with E-state index in [1.54, 1.807) is 12.3 Å². The van der Waals surface area contributed by atoms with Gasteiger partial charge < -0.3 is 9.67 Å². The summed E-state index contributed by atoms with van der Waals surface area (Å²) in [6, 6.07) is 3.94. The predicted octanol–water partition coefficient (Wildman–Crippen LogP) is 2.38. The summed E-state index contributed by atoms with van der Waals surface area (Å²) in [6.07, 6.45) is 2.55. The number of fused-ring (bicyclic) bond motifs is 1. The number of halogens is 2. The summed E-state index contributed by atoms with van der Waals surface area (Å²) in [6.45, 7) is 4.76. The molecule has 1 N–H and O–H groups in total. The van der Waals surface area contributed by atoms with Crippen molar-refractivity contribution in [2.75, 3.05) is 19.6 Å². The molecule has 0 saturated carbocycles. The number of aliphatic hydroxyl groups is 1. The Labute approximate surface area is 116 Å². The zero-order chi connectivity index (χ0) is 14.3. The molecule has 0 spiro atoms. The minimum Gasteiger partial charge on any atom is -0.389 e. The van der Waals surface area contributed by atoms with Crippen molar-refractivity contribution >= 4 is 10.9 Å². The van der Waals surface area contributed by atoms with Crippen LogP contribution >= 0.6 is 0 Å². The molecule has 0 aliphatic carbocycles. The molecule has 0 amide bonds. The molecule has 2 aromatic rings. The van der Waals surface area contributed by atoms with Crippen molar-refractivity contribution in [2.24, 2.45) is 0 Å². The molecule has 0 radical (unpaired) electrons. The van der Waals surface area contributed by atoms with Gasteiger partial charge in [0.2, 0.25) is 0 Å². The van der Waals surface area contributed by atoms with Crippen molar-refractivity contribution < 1.29 is 13.9 Å². The van der Waals surface area contributed by atoms with E-state index in [0.717, 1.165) is 25.6 Å². The predicted molar refractivity (Wildman–Crippen MR) is 73.5 cm³/mol. The topological polar surface area (TPSA) is 28.4 Å². The van der Waals surface area contributed by atoms with Crippen LogP contribution in [0, 0.1) is 11.6 Å². The second kappa shape index (κ2) is 4.82. The standard InChI is InChI=1S/C15H18F2N2O/c1-15(20)3-5-18(10-15)6-7-19-4-2-12-13(17)8-11(16)9-14(12)19/h2,4,8-9,20H,3,5-7,10H2,1H3. The minimum absolute atomic E-state index is 0.444. The summed E-state index contributed by atoms with van der Waals surface area (Å²) in [5.74, 6) is -1.08. The number of likely N-dealkylation sites (tertiary alicyclic amines) is 1. The lowest BCUT2D eigenvalue weighted by Crippen LogP contribution is -2.31. The van der Waals surface area contributed by atoms with Gasteiger partial charge in [0.05, 0.1) is 11.1 Å². The molecule has 108 valence electrons. The largest absolute Gasteiger partial charge is 0.389 e. The Morgan fingerprint density at radius 2 is 2.10 bits per heavy atom. The molecule has 1 aliphatic heterocycles. The maximum absolute atomic E-state index is 13.6. The monoisotopic (exact) mass is 280 g/mol. The van der Waals surface area contributed by atoms with Crippen molar-refractivity contribution in [1.29, 1.82) is 0 Å². The third-order valence-corrected chi connectivity index (χ3v) is 3.99. The minimum atomic E-state index is -0.614. The third kappa shape index (κ3) is 2.55. The molecule has 1 aliphatic rings. The zero-order valence-corrected chi connectivity index (χ0v) is 11.4. The number of rotatable bonds is 3. The molecule has 1 unspecified atom stereocenters. The van der Waals surface area contributed by atoms with Crippen LogP contribution in [0.25, 0.3) is 10.9 Å². The van der Waals surface area contributed by atoms with Crippen LogP contribution in [0.4, 0.5) is 8.78 Å². The maximum atomic E-state index is 13.6. The number of hydrogen-bond donors (Lipinski definition) is 1. The average molecular weight is 280 g/mol. The van der Waals surface area contributed by atoms with Crippen LogP contribution in [0.5, 0.6) is 0 Å². The molecular formula is C15H18F2N2O. The van der Waals surface area contributed by atoms with E-state index in [0.29, 0.717) is 24.0 Å². The van der Waals surface area contributed by atoms with Gasteiger partial charge in [-0.15, -0.1) is 0 Å². The first-order valence-electron chi connectivity index (χ1n) is 6.83. The van der Waals surface area contributed by atoms with Gasteiger partial charge in [0.25, 0.3) is 0 Å². The third-order valence-electron chi connectivity index (χ3n) is 3.99. The molecule has 1 aromatic carbocycles. The molecule has 1 saturated heterocycles. The first-order chi connectivity index (χ1) is 9.44. The van der Waals surface area contributed by atoms with Gasteiger partial charge in [-0.25, -0.2) is 8.78 Å². The SMILES string of the molecule is CC1(O)CCN(CCn2ccc3c(F)cc(F)cc32)C1. The molecule has 3 nitrogen and oxygen atoms in total. The number of aromatic nitrogens is 1. The summed E-state index contributed by atoms with van der Waals surface area (Å²) in [5.41, 5.74) is -0.0368. The van der Waals surface area contributed by atoms with Crippen LogP contribution in [0.1, 0.15) is 13.3 Å². The summed E-state index contributed by atoms with van der Waals surface area (Å²) >= 11 is 0. The Morgan fingerprint density at radius 1 is 1.30 bits per heavy atom. The normalized spacial score (nSPS) is 23.8. The van der Waals surface area contributed by atoms with Gasteiger partial charge in [0.1, 0.15) is 11.6 Å². The van der Waals surface area contributed by atoms with E-state index in [1.807, 2.05) is 11.5 Å². The van der Waals surface area contributed by atoms with Gasteiger partial charge in [-0.3, -0.25) is 4.90 Å². The Kier molecular flexibility index (Phi) is 3.26. The van der Waals surface area contributed by atoms with Crippen molar-refractivity contribution in [2.45, 2.75) is 25.5 Å². The molecule has 5 heteroatoms. The van der Waals surface area contributed by atoms with Crippen molar-refractivity contribution in [3.8, 4) is 0 Å². The molecule has 1 atom stereocenters. The fraction of sp³-hybridized carbons (Fsp3) is 0.467. The van der Waals surface area contributed by atoms with E-state index >= 15 is 0 Å². The highest BCUT2D eigenvalue weighted by Gasteiger charge is 2.30. The maximum Gasteiger partial charge on any atom is 0.135 e. The lowest BCUT2D eigenvalue weighted by molar-refractivity contribution is 0.0684. The Bertz CT molecular complexity index is 636. The van der Waals surface area contributed by atoms with Gasteiger partial charge in [0, 0.05) is 43.8 Å². The van der Waals surface area contributed by atoms with Crippen LogP contribution in [-0.4, -0.2) is 39.8 Å². The number of β-amino-alcohol motifs (C(OH)–C–C–N with tert-alkyl or cyclic N) is 1. The van der Waals surface area contributed by atoms with E-state index in [9.17, 15) is 13.9 Å². The van der Waals surface area contributed by atoms with Crippen molar-refractivity contribution in [3.05, 3.63) is 36.0 Å². The Morgan fingerprint density at radius 3 is 2.80 bits per heavy atom. The summed E-state index contributed by atoms with van der Waals surface area (Å²) in [7, 11) is 0. The van der Waals surface area contributed by atoms with Gasteiger partial charge in [-0.05, 0) is 25.5 Å². The van der Waals surface area contributed by atoms with Gasteiger partial charge >= 0.3 is 0 Å². The van der Waals surface area contributed by atoms with Crippen LogP contribution < -0.4 is 0 Å². The van der Waals surface area contributed by atoms with E-state index in [2.05, 4.69) is 4.90 Å². The number of hydrogen-bond acceptors (Lipinski definition) is 2. The molecule has 1 aromatic heterocycles. The van der Waals surface area contributed by atoms with Crippen LogP contribution in [0.3, 0.4) is 0 Å². The molecule has 1 fully saturated rings. The molecule has 2 heterocycles. The first-order valence-corrected chi connectivity index (χ1v) is 6.83. The fourth-order valence-corrected chi connectivity index (χ4v) is 2.89. The van der Waals surface area contributed by atoms with E-state index in [1.165, 1.54) is 6.07 Å². The summed E-state index contributed by atoms with van der Waals surface area (Å²) in [5, 5.41) is 10.4. The Balaban J connectivity index is 1.75. The quantitative estimate of drug-likeness (QED) is 0.935. The lowest BCUT2D eigenvalue weighted by Gasteiger charge is -2.19. The number of nitrogens with zero attached hydrogens (tertiary/aromatic N) is 2. The molecular weight excluding hydrogens is 262 g/mol. The Hall–Kier alpha value is -1.46. The molecule has 20 heavy (non-hydrogen) atoms. The summed E-state index contributed by atoms with van der Waals surface area (Å²) in [4.78, 5) is 2.17.